The molecule has 0 atom stereocenters. The molecule has 0 radical (unpaired) electrons. The van der Waals surface area contributed by atoms with E-state index in [1.165, 1.54) is 87.4 Å². The molecular formula is C20H39BF3NS. The Labute approximate surface area is 163 Å². The molecule has 26 heavy (non-hydrogen) atoms. The van der Waals surface area contributed by atoms with E-state index in [-0.39, 0.29) is 0 Å². The van der Waals surface area contributed by atoms with Crippen molar-refractivity contribution >= 4 is 23.8 Å². The third-order valence-corrected chi connectivity index (χ3v) is 5.57. The van der Waals surface area contributed by atoms with E-state index in [4.69, 9.17) is 0 Å². The molecule has 1 aromatic heterocycles. The lowest BCUT2D eigenvalue weighted by Gasteiger charge is -2.39. The Morgan fingerprint density at radius 3 is 1.35 bits per heavy atom. The molecular weight excluding hydrogens is 354 g/mol. The summed E-state index contributed by atoms with van der Waals surface area (Å²) in [6, 6.07) is 1.09. The van der Waals surface area contributed by atoms with Crippen molar-refractivity contribution in [3.05, 3.63) is 16.8 Å². The first-order chi connectivity index (χ1) is 12.3. The summed E-state index contributed by atoms with van der Waals surface area (Å²) in [5.41, 5.74) is -0.500. The van der Waals surface area contributed by atoms with E-state index in [1.807, 2.05) is 0 Å². The fourth-order valence-corrected chi connectivity index (χ4v) is 3.81. The van der Waals surface area contributed by atoms with Crippen LogP contribution in [0.15, 0.2) is 16.8 Å². The van der Waals surface area contributed by atoms with Crippen molar-refractivity contribution < 1.29 is 17.4 Å². The molecule has 1 heterocycles. The third kappa shape index (κ3) is 11.3. The van der Waals surface area contributed by atoms with Gasteiger partial charge >= 0.3 is 6.98 Å². The summed E-state index contributed by atoms with van der Waals surface area (Å²) in [7, 11) is 0. The van der Waals surface area contributed by atoms with E-state index < -0.39 is 12.4 Å². The van der Waals surface area contributed by atoms with Crippen molar-refractivity contribution in [3.63, 3.8) is 0 Å². The molecule has 0 amide bonds. The fourth-order valence-electron chi connectivity index (χ4n) is 3.11. The Morgan fingerprint density at radius 1 is 0.769 bits per heavy atom. The molecule has 1 aromatic rings. The van der Waals surface area contributed by atoms with Crippen molar-refractivity contribution in [2.75, 3.05) is 26.2 Å². The smallest absolute Gasteiger partial charge is 0.445 e. The number of quaternary nitrogens is 1. The van der Waals surface area contributed by atoms with Gasteiger partial charge in [0.25, 0.3) is 0 Å². The topological polar surface area (TPSA) is 0 Å². The van der Waals surface area contributed by atoms with Crippen LogP contribution in [-0.2, 0) is 0 Å². The highest BCUT2D eigenvalue weighted by Gasteiger charge is 2.25. The Morgan fingerprint density at radius 2 is 1.15 bits per heavy atom. The van der Waals surface area contributed by atoms with Gasteiger partial charge in [0.15, 0.2) is 0 Å². The van der Waals surface area contributed by atoms with Crippen LogP contribution in [0, 0.1) is 0 Å². The van der Waals surface area contributed by atoms with Crippen LogP contribution in [0.2, 0.25) is 0 Å². The van der Waals surface area contributed by atoms with Gasteiger partial charge in [-0.25, -0.2) is 0 Å². The summed E-state index contributed by atoms with van der Waals surface area (Å²) in [5, 5.41) is 2.53. The van der Waals surface area contributed by atoms with Crippen molar-refractivity contribution in [3.8, 4) is 0 Å². The Bertz CT molecular complexity index is 384. The molecule has 0 aliphatic rings. The van der Waals surface area contributed by atoms with E-state index in [1.54, 1.807) is 0 Å². The van der Waals surface area contributed by atoms with Gasteiger partial charge in [0, 0.05) is 0 Å². The highest BCUT2D eigenvalue weighted by Crippen LogP contribution is 2.16. The highest BCUT2D eigenvalue weighted by atomic mass is 32.1. The van der Waals surface area contributed by atoms with Crippen molar-refractivity contribution in [2.45, 2.75) is 79.1 Å². The second-order valence-corrected chi connectivity index (χ2v) is 8.06. The maximum atomic E-state index is 11.7. The molecule has 6 heteroatoms. The summed E-state index contributed by atoms with van der Waals surface area (Å²) in [6.07, 6.45) is 11.1. The van der Waals surface area contributed by atoms with E-state index in [0.29, 0.717) is 0 Å². The first-order valence-electron chi connectivity index (χ1n) is 10.4. The monoisotopic (exact) mass is 393 g/mol. The molecule has 154 valence electrons. The Balaban J connectivity index is 0.000000577. The van der Waals surface area contributed by atoms with Crippen LogP contribution in [0.3, 0.4) is 0 Å². The van der Waals surface area contributed by atoms with Gasteiger partial charge in [-0.2, -0.15) is 11.3 Å². The summed E-state index contributed by atoms with van der Waals surface area (Å²) in [4.78, 5) is 0. The SMILES string of the molecule is CCCC[N+](CCCC)(CCCC)CCCC.F[B-](F)(F)c1ccsc1. The van der Waals surface area contributed by atoms with Gasteiger partial charge in [0.05, 0.1) is 26.2 Å². The van der Waals surface area contributed by atoms with Crippen LogP contribution < -0.4 is 5.46 Å². The van der Waals surface area contributed by atoms with Gasteiger partial charge in [-0.05, 0) is 36.4 Å². The highest BCUT2D eigenvalue weighted by molar-refractivity contribution is 7.09. The number of thiophene rings is 1. The maximum Gasteiger partial charge on any atom is 0.510 e. The second kappa shape index (κ2) is 14.6. The van der Waals surface area contributed by atoms with Crippen LogP contribution in [-0.4, -0.2) is 37.6 Å². The molecule has 0 aliphatic heterocycles. The quantitative estimate of drug-likeness (QED) is 0.255. The average molecular weight is 393 g/mol. The lowest BCUT2D eigenvalue weighted by molar-refractivity contribution is -0.929. The minimum atomic E-state index is -4.75. The van der Waals surface area contributed by atoms with E-state index in [9.17, 15) is 12.9 Å². The lowest BCUT2D eigenvalue weighted by atomic mass is 9.83. The number of hydrogen-bond donors (Lipinski definition) is 0. The predicted molar refractivity (Wildman–Crippen MR) is 112 cm³/mol. The van der Waals surface area contributed by atoms with Gasteiger partial charge in [0.1, 0.15) is 0 Å². The minimum Gasteiger partial charge on any atom is -0.445 e. The zero-order chi connectivity index (χ0) is 19.9. The van der Waals surface area contributed by atoms with Gasteiger partial charge < -0.3 is 17.4 Å². The van der Waals surface area contributed by atoms with Crippen LogP contribution >= 0.6 is 11.3 Å². The van der Waals surface area contributed by atoms with Crippen LogP contribution in [0.1, 0.15) is 79.1 Å². The summed E-state index contributed by atoms with van der Waals surface area (Å²) >= 11 is 1.06. The van der Waals surface area contributed by atoms with Crippen molar-refractivity contribution in [1.82, 2.24) is 0 Å². The number of nitrogens with zero attached hydrogens (tertiary/aromatic N) is 1. The van der Waals surface area contributed by atoms with Crippen molar-refractivity contribution in [2.24, 2.45) is 0 Å². The van der Waals surface area contributed by atoms with E-state index in [0.717, 1.165) is 22.8 Å². The molecule has 0 saturated heterocycles. The number of hydrogen-bond acceptors (Lipinski definition) is 1. The standard InChI is InChI=1S/C16H36N.C4H3BF3S/c1-5-9-13-17(14-10-6-2,15-11-7-3)16-12-8-4;6-5(7,8)4-1-2-9-3-4/h5-16H2,1-4H3;1-3H/q+1;-1. The third-order valence-electron chi connectivity index (χ3n) is 4.87. The van der Waals surface area contributed by atoms with Crippen molar-refractivity contribution in [1.29, 1.82) is 0 Å². The molecule has 0 bridgehead atoms. The van der Waals surface area contributed by atoms with Gasteiger partial charge in [-0.15, -0.1) is 0 Å². The summed E-state index contributed by atoms with van der Waals surface area (Å²) < 4.78 is 36.5. The first kappa shape index (κ1) is 25.5. The molecule has 0 aromatic carbocycles. The van der Waals surface area contributed by atoms with Crippen LogP contribution in [0.5, 0.6) is 0 Å². The van der Waals surface area contributed by atoms with Gasteiger partial charge in [-0.1, -0.05) is 64.9 Å². The Kier molecular flexibility index (Phi) is 14.3. The lowest BCUT2D eigenvalue weighted by Crippen LogP contribution is -2.50. The predicted octanol–water partition coefficient (Wildman–Crippen LogP) is 6.81. The van der Waals surface area contributed by atoms with Crippen LogP contribution in [0.4, 0.5) is 12.9 Å². The molecule has 0 unspecified atom stereocenters. The largest absolute Gasteiger partial charge is 0.510 e. The zero-order valence-electron chi connectivity index (χ0n) is 17.3. The van der Waals surface area contributed by atoms with Gasteiger partial charge in [-0.3, -0.25) is 0 Å². The number of rotatable bonds is 13. The average Bonchev–Trinajstić information content (AvgIpc) is 3.16. The van der Waals surface area contributed by atoms with E-state index in [2.05, 4.69) is 27.7 Å². The normalized spacial score (nSPS) is 12.0. The number of halogens is 3. The molecule has 0 aliphatic carbocycles. The van der Waals surface area contributed by atoms with Gasteiger partial charge in [0.2, 0.25) is 0 Å². The molecule has 1 nitrogen and oxygen atoms in total. The molecule has 0 N–H and O–H groups in total. The Hall–Kier alpha value is -0.485. The first-order valence-corrected chi connectivity index (χ1v) is 11.4. The summed E-state index contributed by atoms with van der Waals surface area (Å²) in [5.74, 6) is 0. The van der Waals surface area contributed by atoms with Crippen LogP contribution in [0.25, 0.3) is 0 Å². The maximum absolute atomic E-state index is 11.7. The molecule has 0 fully saturated rings. The molecule has 0 spiro atoms. The zero-order valence-corrected chi connectivity index (χ0v) is 18.1. The fraction of sp³-hybridized carbons (Fsp3) is 0.800. The minimum absolute atomic E-state index is 0.500. The molecule has 1 rings (SSSR count). The summed E-state index contributed by atoms with van der Waals surface area (Å²) in [6.45, 7) is 10.3. The molecule has 0 saturated carbocycles. The number of unbranched alkanes of at least 4 members (excludes halogenated alkanes) is 4. The second-order valence-electron chi connectivity index (χ2n) is 7.28. The van der Waals surface area contributed by atoms with E-state index >= 15 is 0 Å².